The molecule has 0 aliphatic carbocycles. The molecule has 7 heteroatoms. The van der Waals surface area contributed by atoms with Crippen molar-refractivity contribution >= 4 is 17.6 Å². The fraction of sp³-hybridized carbons (Fsp3) is 0.550. The average Bonchev–Trinajstić information content (AvgIpc) is 3.23. The zero-order valence-electron chi connectivity index (χ0n) is 15.9. The van der Waals surface area contributed by atoms with Crippen molar-refractivity contribution in [3.05, 3.63) is 36.3 Å². The Kier molecular flexibility index (Phi) is 4.53. The van der Waals surface area contributed by atoms with Gasteiger partial charge in [-0.2, -0.15) is 0 Å². The number of imidazole rings is 1. The van der Waals surface area contributed by atoms with E-state index in [-0.39, 0.29) is 18.0 Å². The number of fused-ring (bicyclic) bond motifs is 1. The number of nitrogens with zero attached hydrogens (tertiary/aromatic N) is 4. The van der Waals surface area contributed by atoms with Gasteiger partial charge in [0.05, 0.1) is 6.54 Å². The molecule has 4 heterocycles. The van der Waals surface area contributed by atoms with Crippen molar-refractivity contribution in [2.75, 3.05) is 19.6 Å². The molecule has 0 aromatic carbocycles. The van der Waals surface area contributed by atoms with Crippen LogP contribution in [0.15, 0.2) is 30.6 Å². The minimum atomic E-state index is -0.450. The summed E-state index contributed by atoms with van der Waals surface area (Å²) in [7, 11) is 0. The lowest BCUT2D eigenvalue weighted by molar-refractivity contribution is 0.00291. The molecule has 0 N–H and O–H groups in total. The summed E-state index contributed by atoms with van der Waals surface area (Å²) in [4.78, 5) is 33.2. The Balaban J connectivity index is 1.41. The number of carbonyl (C=O) groups is 2. The number of rotatable bonds is 4. The lowest BCUT2D eigenvalue weighted by Gasteiger charge is -2.37. The summed E-state index contributed by atoms with van der Waals surface area (Å²) < 4.78 is 7.63. The van der Waals surface area contributed by atoms with Gasteiger partial charge in [-0.25, -0.2) is 9.78 Å². The van der Waals surface area contributed by atoms with Crippen LogP contribution in [-0.4, -0.2) is 62.5 Å². The van der Waals surface area contributed by atoms with Gasteiger partial charge in [-0.05, 0) is 25.5 Å². The van der Waals surface area contributed by atoms with Crippen molar-refractivity contribution < 1.29 is 14.3 Å². The number of piperidine rings is 1. The van der Waals surface area contributed by atoms with Crippen LogP contribution in [-0.2, 0) is 4.74 Å². The molecule has 2 aromatic heterocycles. The molecule has 2 aliphatic rings. The maximum absolute atomic E-state index is 12.8. The second kappa shape index (κ2) is 6.87. The van der Waals surface area contributed by atoms with Crippen molar-refractivity contribution in [3.63, 3.8) is 0 Å². The molecule has 0 bridgehead atoms. The second-order valence-corrected chi connectivity index (χ2v) is 7.70. The largest absolute Gasteiger partial charge is 0.441 e. The maximum atomic E-state index is 12.8. The molecule has 0 saturated carbocycles. The van der Waals surface area contributed by atoms with Crippen LogP contribution in [0.2, 0.25) is 0 Å². The predicted molar refractivity (Wildman–Crippen MR) is 101 cm³/mol. The van der Waals surface area contributed by atoms with Gasteiger partial charge in [0, 0.05) is 44.4 Å². The third-order valence-electron chi connectivity index (χ3n) is 5.78. The average molecular weight is 370 g/mol. The van der Waals surface area contributed by atoms with E-state index in [0.717, 1.165) is 18.5 Å². The van der Waals surface area contributed by atoms with E-state index in [2.05, 4.69) is 18.8 Å². The Morgan fingerprint density at radius 3 is 2.81 bits per heavy atom. The number of amides is 2. The van der Waals surface area contributed by atoms with Crippen LogP contribution in [0.4, 0.5) is 4.79 Å². The molecular formula is C20H26N4O3. The van der Waals surface area contributed by atoms with E-state index in [4.69, 9.17) is 4.74 Å². The van der Waals surface area contributed by atoms with Gasteiger partial charge in [0.1, 0.15) is 16.9 Å². The van der Waals surface area contributed by atoms with E-state index in [1.165, 1.54) is 0 Å². The summed E-state index contributed by atoms with van der Waals surface area (Å²) in [5, 5.41) is 0. The van der Waals surface area contributed by atoms with Crippen LogP contribution in [0.3, 0.4) is 0 Å². The lowest BCUT2D eigenvalue weighted by atomic mass is 9.91. The Morgan fingerprint density at radius 1 is 1.33 bits per heavy atom. The Hall–Kier alpha value is -2.57. The van der Waals surface area contributed by atoms with E-state index in [9.17, 15) is 9.59 Å². The topological polar surface area (TPSA) is 67.2 Å². The molecule has 1 spiro atoms. The Morgan fingerprint density at radius 2 is 2.11 bits per heavy atom. The highest BCUT2D eigenvalue weighted by molar-refractivity contribution is 5.93. The smallest absolute Gasteiger partial charge is 0.410 e. The van der Waals surface area contributed by atoms with Crippen LogP contribution >= 0.6 is 0 Å². The minimum absolute atomic E-state index is 0.0610. The first-order chi connectivity index (χ1) is 13.0. The first kappa shape index (κ1) is 17.8. The van der Waals surface area contributed by atoms with Gasteiger partial charge in [0.2, 0.25) is 0 Å². The zero-order chi connectivity index (χ0) is 19.0. The molecule has 27 heavy (non-hydrogen) atoms. The molecule has 0 radical (unpaired) electrons. The molecule has 144 valence electrons. The molecule has 4 rings (SSSR count). The van der Waals surface area contributed by atoms with Crippen molar-refractivity contribution in [1.29, 1.82) is 0 Å². The summed E-state index contributed by atoms with van der Waals surface area (Å²) in [5.41, 5.74) is 0.771. The van der Waals surface area contributed by atoms with Gasteiger partial charge >= 0.3 is 6.09 Å². The molecule has 2 saturated heterocycles. The molecule has 2 aromatic rings. The predicted octanol–water partition coefficient (Wildman–Crippen LogP) is 2.95. The maximum Gasteiger partial charge on any atom is 0.410 e. The number of hydrogen-bond donors (Lipinski definition) is 0. The van der Waals surface area contributed by atoms with E-state index in [1.54, 1.807) is 6.20 Å². The number of pyridine rings is 1. The quantitative estimate of drug-likeness (QED) is 0.830. The van der Waals surface area contributed by atoms with Gasteiger partial charge in [0.25, 0.3) is 5.91 Å². The molecule has 1 atom stereocenters. The third kappa shape index (κ3) is 3.26. The monoisotopic (exact) mass is 370 g/mol. The SMILES string of the molecule is CCC[C@H](C)N1CC2(CCN(C(=O)c3cn4ccccc4n3)CC2)OC1=O. The fourth-order valence-electron chi connectivity index (χ4n) is 4.14. The van der Waals surface area contributed by atoms with E-state index in [1.807, 2.05) is 38.6 Å². The van der Waals surface area contributed by atoms with E-state index >= 15 is 0 Å². The van der Waals surface area contributed by atoms with Crippen molar-refractivity contribution in [2.24, 2.45) is 0 Å². The number of likely N-dealkylation sites (tertiary alicyclic amines) is 1. The van der Waals surface area contributed by atoms with Crippen LogP contribution in [0.5, 0.6) is 0 Å². The lowest BCUT2D eigenvalue weighted by Crippen LogP contribution is -2.49. The summed E-state index contributed by atoms with van der Waals surface area (Å²) in [5.74, 6) is -0.0610. The van der Waals surface area contributed by atoms with E-state index < -0.39 is 5.60 Å². The molecule has 7 nitrogen and oxygen atoms in total. The summed E-state index contributed by atoms with van der Waals surface area (Å²) in [6, 6.07) is 5.89. The second-order valence-electron chi connectivity index (χ2n) is 7.70. The Labute approximate surface area is 158 Å². The number of hydrogen-bond acceptors (Lipinski definition) is 4. The molecule has 2 amide bonds. The van der Waals surface area contributed by atoms with Gasteiger partial charge in [-0.3, -0.25) is 4.79 Å². The summed E-state index contributed by atoms with van der Waals surface area (Å²) >= 11 is 0. The van der Waals surface area contributed by atoms with Crippen LogP contribution in [0.1, 0.15) is 50.0 Å². The number of ether oxygens (including phenoxy) is 1. The zero-order valence-corrected chi connectivity index (χ0v) is 15.9. The van der Waals surface area contributed by atoms with Crippen LogP contribution in [0.25, 0.3) is 5.65 Å². The summed E-state index contributed by atoms with van der Waals surface area (Å²) in [6.45, 7) is 5.98. The highest BCUT2D eigenvalue weighted by atomic mass is 16.6. The molecular weight excluding hydrogens is 344 g/mol. The van der Waals surface area contributed by atoms with Crippen LogP contribution < -0.4 is 0 Å². The third-order valence-corrected chi connectivity index (χ3v) is 5.78. The highest BCUT2D eigenvalue weighted by Crippen LogP contribution is 2.35. The fourth-order valence-corrected chi connectivity index (χ4v) is 4.14. The molecule has 2 aliphatic heterocycles. The first-order valence-corrected chi connectivity index (χ1v) is 9.74. The van der Waals surface area contributed by atoms with Crippen molar-refractivity contribution in [3.8, 4) is 0 Å². The van der Waals surface area contributed by atoms with Crippen LogP contribution in [0, 0.1) is 0 Å². The molecule has 0 unspecified atom stereocenters. The highest BCUT2D eigenvalue weighted by Gasteiger charge is 2.48. The first-order valence-electron chi connectivity index (χ1n) is 9.74. The minimum Gasteiger partial charge on any atom is -0.441 e. The molecule has 2 fully saturated rings. The van der Waals surface area contributed by atoms with Crippen molar-refractivity contribution in [2.45, 2.75) is 51.2 Å². The van der Waals surface area contributed by atoms with Crippen molar-refractivity contribution in [1.82, 2.24) is 19.2 Å². The van der Waals surface area contributed by atoms with Gasteiger partial charge < -0.3 is 18.9 Å². The van der Waals surface area contributed by atoms with Gasteiger partial charge in [-0.1, -0.05) is 19.4 Å². The van der Waals surface area contributed by atoms with Gasteiger partial charge in [-0.15, -0.1) is 0 Å². The van der Waals surface area contributed by atoms with Gasteiger partial charge in [0.15, 0.2) is 0 Å². The standard InChI is InChI=1S/C20H26N4O3/c1-3-6-15(2)24-14-20(27-19(24)26)8-11-22(12-9-20)18(25)16-13-23-10-5-4-7-17(23)21-16/h4-5,7,10,13,15H,3,6,8-9,11-12,14H2,1-2H3/t15-/m0/s1. The van der Waals surface area contributed by atoms with E-state index in [0.29, 0.717) is 38.2 Å². The summed E-state index contributed by atoms with van der Waals surface area (Å²) in [6.07, 6.45) is 6.81. The Bertz CT molecular complexity index is 821. The normalized spacial score (nSPS) is 20.3. The number of carbonyl (C=O) groups excluding carboxylic acids is 2. The number of aromatic nitrogens is 2.